The Bertz CT molecular complexity index is 614. The minimum Gasteiger partial charge on any atom is -0.0619 e. The van der Waals surface area contributed by atoms with E-state index in [4.69, 9.17) is 0 Å². The summed E-state index contributed by atoms with van der Waals surface area (Å²) in [7, 11) is 0. The van der Waals surface area contributed by atoms with E-state index in [1.807, 2.05) is 0 Å². The molecule has 4 rings (SSSR count). The Kier molecular flexibility index (Phi) is 2.96. The van der Waals surface area contributed by atoms with Crippen molar-refractivity contribution in [2.45, 2.75) is 19.8 Å². The van der Waals surface area contributed by atoms with E-state index < -0.39 is 0 Å². The summed E-state index contributed by atoms with van der Waals surface area (Å²) >= 11 is 0. The highest BCUT2D eigenvalue weighted by Crippen LogP contribution is 2.57. The Morgan fingerprint density at radius 1 is 0.714 bits per heavy atom. The molecule has 2 aliphatic carbocycles. The fourth-order valence-corrected chi connectivity index (χ4v) is 3.90. The zero-order valence-corrected chi connectivity index (χ0v) is 12.5. The third-order valence-electron chi connectivity index (χ3n) is 4.96. The van der Waals surface area contributed by atoms with Crippen LogP contribution in [0.15, 0.2) is 48.5 Å². The van der Waals surface area contributed by atoms with Gasteiger partial charge in [0.25, 0.3) is 0 Å². The maximum Gasteiger partial charge on any atom is 0.0158 e. The first-order valence-electron chi connectivity index (χ1n) is 7.60. The molecule has 1 saturated carbocycles. The van der Waals surface area contributed by atoms with Crippen LogP contribution < -0.4 is 0 Å². The van der Waals surface area contributed by atoms with Gasteiger partial charge in [-0.25, -0.2) is 0 Å². The summed E-state index contributed by atoms with van der Waals surface area (Å²) in [4.78, 5) is 0. The van der Waals surface area contributed by atoms with E-state index in [1.54, 1.807) is 0 Å². The lowest BCUT2D eigenvalue weighted by Crippen LogP contribution is -2.28. The Morgan fingerprint density at radius 2 is 1.19 bits per heavy atom. The monoisotopic (exact) mass is 271 g/mol. The fraction of sp³-hybridized carbons (Fsp3) is 0.190. The first-order valence-corrected chi connectivity index (χ1v) is 7.60. The topological polar surface area (TPSA) is 0 Å². The van der Waals surface area contributed by atoms with Crippen molar-refractivity contribution in [3.8, 4) is 11.1 Å². The molecule has 0 heterocycles. The van der Waals surface area contributed by atoms with Crippen LogP contribution in [0.3, 0.4) is 0 Å². The summed E-state index contributed by atoms with van der Waals surface area (Å²) in [5.41, 5.74) is 5.82. The highest BCUT2D eigenvalue weighted by molar-refractivity contribution is 5.79. The van der Waals surface area contributed by atoms with Crippen molar-refractivity contribution in [2.75, 3.05) is 0 Å². The molecule has 0 bridgehead atoms. The average molecular weight is 271 g/mol. The maximum absolute atomic E-state index is 2.37. The Morgan fingerprint density at radius 3 is 1.71 bits per heavy atom. The van der Waals surface area contributed by atoms with Gasteiger partial charge in [0.1, 0.15) is 0 Å². The summed E-state index contributed by atoms with van der Waals surface area (Å²) in [5.74, 6) is 1.84. The Labute approximate surface area is 128 Å². The average Bonchev–Trinajstić information content (AvgIpc) is 3.14. The highest BCUT2D eigenvalue weighted by Gasteiger charge is 2.44. The van der Waals surface area contributed by atoms with Crippen LogP contribution >= 0.6 is 0 Å². The minimum atomic E-state index is 0.0895. The molecule has 0 atom stereocenters. The molecule has 0 nitrogen and oxygen atoms in total. The van der Waals surface area contributed by atoms with Crippen molar-refractivity contribution in [1.82, 2.24) is 0 Å². The van der Waals surface area contributed by atoms with E-state index in [0.717, 1.165) is 0 Å². The molecule has 1 fully saturated rings. The molecular formula is C21H19. The molecule has 2 aromatic rings. The number of benzene rings is 2. The van der Waals surface area contributed by atoms with Crippen LogP contribution in [0.25, 0.3) is 11.1 Å². The fourth-order valence-electron chi connectivity index (χ4n) is 3.90. The molecule has 0 aliphatic heterocycles. The third kappa shape index (κ3) is 1.88. The number of hydrogen-bond acceptors (Lipinski definition) is 0. The van der Waals surface area contributed by atoms with Gasteiger partial charge in [-0.2, -0.15) is 0 Å². The van der Waals surface area contributed by atoms with E-state index >= 15 is 0 Å². The van der Waals surface area contributed by atoms with Gasteiger partial charge < -0.3 is 0 Å². The number of hydrogen-bond donors (Lipinski definition) is 0. The quantitative estimate of drug-likeness (QED) is 0.701. The zero-order valence-electron chi connectivity index (χ0n) is 12.5. The molecule has 0 amide bonds. The molecule has 2 aliphatic rings. The maximum atomic E-state index is 2.37. The SMILES string of the molecule is CC(C)([C]1[CH][CH][CH][CH]1)C1c2ccccc2-c2ccccc21. The minimum absolute atomic E-state index is 0.0895. The van der Waals surface area contributed by atoms with Gasteiger partial charge in [-0.05, 0) is 59.3 Å². The molecular weight excluding hydrogens is 252 g/mol. The Balaban J connectivity index is 1.88. The third-order valence-corrected chi connectivity index (χ3v) is 4.96. The van der Waals surface area contributed by atoms with Crippen molar-refractivity contribution in [2.24, 2.45) is 5.41 Å². The van der Waals surface area contributed by atoms with Crippen LogP contribution in [0.5, 0.6) is 0 Å². The lowest BCUT2D eigenvalue weighted by Gasteiger charge is -2.38. The van der Waals surface area contributed by atoms with Crippen molar-refractivity contribution < 1.29 is 0 Å². The molecule has 21 heavy (non-hydrogen) atoms. The van der Waals surface area contributed by atoms with E-state index in [1.165, 1.54) is 28.2 Å². The van der Waals surface area contributed by atoms with Gasteiger partial charge in [0.2, 0.25) is 0 Å². The number of rotatable bonds is 2. The second-order valence-corrected chi connectivity index (χ2v) is 6.50. The van der Waals surface area contributed by atoms with Gasteiger partial charge in [0, 0.05) is 5.92 Å². The lowest BCUT2D eigenvalue weighted by atomic mass is 9.65. The largest absolute Gasteiger partial charge is 0.0619 e. The predicted octanol–water partition coefficient (Wildman–Crippen LogP) is 5.23. The van der Waals surface area contributed by atoms with Crippen LogP contribution in [0, 0.1) is 37.0 Å². The molecule has 0 saturated heterocycles. The van der Waals surface area contributed by atoms with Crippen molar-refractivity contribution in [1.29, 1.82) is 0 Å². The molecule has 2 aromatic carbocycles. The van der Waals surface area contributed by atoms with Crippen LogP contribution in [0.4, 0.5) is 0 Å². The molecule has 0 unspecified atom stereocenters. The van der Waals surface area contributed by atoms with Gasteiger partial charge in [-0.3, -0.25) is 0 Å². The molecule has 0 aromatic heterocycles. The van der Waals surface area contributed by atoms with Crippen molar-refractivity contribution >= 4 is 0 Å². The Hall–Kier alpha value is -1.56. The van der Waals surface area contributed by atoms with E-state index in [0.29, 0.717) is 5.92 Å². The summed E-state index contributed by atoms with van der Waals surface area (Å²) < 4.78 is 0. The lowest BCUT2D eigenvalue weighted by molar-refractivity contribution is 0.361. The highest BCUT2D eigenvalue weighted by atomic mass is 14.5. The summed E-state index contributed by atoms with van der Waals surface area (Å²) in [6, 6.07) is 17.7. The van der Waals surface area contributed by atoms with E-state index in [-0.39, 0.29) is 5.41 Å². The zero-order chi connectivity index (χ0) is 14.4. The van der Waals surface area contributed by atoms with Crippen LogP contribution in [-0.2, 0) is 0 Å². The van der Waals surface area contributed by atoms with E-state index in [2.05, 4.69) is 88.1 Å². The van der Waals surface area contributed by atoms with Crippen LogP contribution in [-0.4, -0.2) is 0 Å². The summed E-state index contributed by atoms with van der Waals surface area (Å²) in [6.07, 6.45) is 8.79. The summed E-state index contributed by atoms with van der Waals surface area (Å²) in [6.45, 7) is 4.73. The van der Waals surface area contributed by atoms with Gasteiger partial charge in [0.05, 0.1) is 0 Å². The smallest absolute Gasteiger partial charge is 0.0158 e. The molecule has 5 radical (unpaired) electrons. The second-order valence-electron chi connectivity index (χ2n) is 6.50. The van der Waals surface area contributed by atoms with Crippen LogP contribution in [0.1, 0.15) is 30.9 Å². The first kappa shape index (κ1) is 13.1. The van der Waals surface area contributed by atoms with E-state index in [9.17, 15) is 0 Å². The normalized spacial score (nSPS) is 18.8. The summed E-state index contributed by atoms with van der Waals surface area (Å²) in [5, 5.41) is 0. The molecule has 0 heteroatoms. The van der Waals surface area contributed by atoms with Crippen LogP contribution in [0.2, 0.25) is 0 Å². The van der Waals surface area contributed by atoms with Gasteiger partial charge >= 0.3 is 0 Å². The molecule has 0 N–H and O–H groups in total. The molecule has 103 valence electrons. The molecule has 0 spiro atoms. The van der Waals surface area contributed by atoms with Gasteiger partial charge in [-0.1, -0.05) is 62.4 Å². The van der Waals surface area contributed by atoms with Crippen molar-refractivity contribution in [3.63, 3.8) is 0 Å². The predicted molar refractivity (Wildman–Crippen MR) is 87.9 cm³/mol. The van der Waals surface area contributed by atoms with Crippen molar-refractivity contribution in [3.05, 3.63) is 91.3 Å². The van der Waals surface area contributed by atoms with Gasteiger partial charge in [0.15, 0.2) is 0 Å². The van der Waals surface area contributed by atoms with Gasteiger partial charge in [-0.15, -0.1) is 0 Å². The first-order chi connectivity index (χ1) is 10.2. The second kappa shape index (κ2) is 4.73. The standard InChI is InChI=1S/C21H19/c1-21(2,15-9-3-4-10-15)20-18-13-7-5-11-16(18)17-12-6-8-14-19(17)20/h3-14,20H,1-2H3. The number of fused-ring (bicyclic) bond motifs is 3.